The summed E-state index contributed by atoms with van der Waals surface area (Å²) in [4.78, 5) is 173. The number of fused-ring (bicyclic) bond motifs is 1. The van der Waals surface area contributed by atoms with Gasteiger partial charge in [-0.25, -0.2) is 4.98 Å². The lowest BCUT2D eigenvalue weighted by molar-refractivity contribution is -0.142. The average molecular weight is 1240 g/mol. The molecule has 2 saturated heterocycles. The molecule has 31 nitrogen and oxygen atoms in total. The number of aromatic amines is 2. The van der Waals surface area contributed by atoms with Crippen LogP contribution in [0.3, 0.4) is 0 Å². The molecule has 2 aromatic heterocycles. The molecule has 0 radical (unpaired) electrons. The third-order valence-corrected chi connectivity index (χ3v) is 14.4. The Hall–Kier alpha value is -9.94. The second-order valence-electron chi connectivity index (χ2n) is 22.0. The minimum Gasteiger partial charge on any atom is -0.508 e. The van der Waals surface area contributed by atoms with E-state index in [0.717, 1.165) is 17.8 Å². The first-order valence-electron chi connectivity index (χ1n) is 28.9. The topological polar surface area (TPSA) is 500 Å². The second-order valence-corrected chi connectivity index (χ2v) is 22.0. The molecule has 0 aliphatic carbocycles. The Morgan fingerprint density at radius 1 is 0.764 bits per heavy atom. The summed E-state index contributed by atoms with van der Waals surface area (Å²) < 4.78 is 0. The van der Waals surface area contributed by atoms with Crippen molar-refractivity contribution in [2.75, 3.05) is 32.8 Å². The molecule has 10 amide bonds. The number of Topliss-reactive ketones (excluding diaryl/α,β-unsaturated/α-hetero) is 1. The van der Waals surface area contributed by atoms with Crippen molar-refractivity contribution >= 4 is 87.7 Å². The minimum absolute atomic E-state index is 0.0187. The van der Waals surface area contributed by atoms with Crippen molar-refractivity contribution in [3.8, 4) is 5.75 Å². The summed E-state index contributed by atoms with van der Waals surface area (Å²) in [5, 5.41) is 49.4. The van der Waals surface area contributed by atoms with Crippen LogP contribution in [-0.4, -0.2) is 187 Å². The number of H-pyrrole nitrogens is 2. The van der Waals surface area contributed by atoms with Crippen LogP contribution in [0.15, 0.2) is 72.2 Å². The van der Waals surface area contributed by atoms with Gasteiger partial charge in [-0.05, 0) is 80.2 Å². The standard InChI is InChI=1S/C56H76N16O13.C2H4O2/c1-30(2)19-41(52(82)68-39(9-5-17-61-56(58)59)55(85)72-18-6-10-44(72)54(84)63-26-46(57)76)67-48(78)27-64-50(80)42(20-31-11-13-35(74)14-12-31)70-53(83)43(28-73)71-49(79)32(21-33-24-62-37-8-4-3-7-36(33)37)22-45(75)40(23-34-25-60-29-65-34)69-51(81)38-15-16-47(77)66-38;1-2(3)4/h3-4,7-8,11-14,24-25,29-30,32,38-44,62,73-74H,5-6,9-10,15-23,26-28H2,1-2H3,(H2,57,76)(H,60,65)(H,63,84)(H,64,80)(H,66,77)(H,67,78)(H,68,82)(H,69,81)(H,70,83)(H,71,79)(H4,58,59,61);1H3,(H,3,4)/t32-,38+,39+,40+,41+,42+,43+,44+;/m1./s1. The highest BCUT2D eigenvalue weighted by Gasteiger charge is 2.39. The molecule has 2 fully saturated rings. The molecule has 0 unspecified atom stereocenters. The summed E-state index contributed by atoms with van der Waals surface area (Å²) in [6.45, 7) is 2.75. The predicted octanol–water partition coefficient (Wildman–Crippen LogP) is -3.21. The van der Waals surface area contributed by atoms with E-state index in [1.807, 2.05) is 18.2 Å². The highest BCUT2D eigenvalue weighted by molar-refractivity contribution is 5.99. The lowest BCUT2D eigenvalue weighted by atomic mass is 9.89. The number of carboxylic acids is 1. The highest BCUT2D eigenvalue weighted by Crippen LogP contribution is 2.25. The van der Waals surface area contributed by atoms with E-state index in [0.29, 0.717) is 23.2 Å². The number of phenols is 1. The van der Waals surface area contributed by atoms with Crippen LogP contribution >= 0.6 is 0 Å². The minimum atomic E-state index is -1.72. The van der Waals surface area contributed by atoms with Crippen LogP contribution in [-0.2, 0) is 76.8 Å². The lowest BCUT2D eigenvalue weighted by Gasteiger charge is -2.30. The Labute approximate surface area is 511 Å². The number of phenolic OH excluding ortho intramolecular Hbond substituents is 1. The number of hydrogen-bond acceptors (Lipinski definition) is 16. The van der Waals surface area contributed by atoms with Crippen molar-refractivity contribution in [2.24, 2.45) is 34.0 Å². The van der Waals surface area contributed by atoms with Crippen LogP contribution in [0.5, 0.6) is 5.75 Å². The lowest BCUT2D eigenvalue weighted by Crippen LogP contribution is -2.58. The summed E-state index contributed by atoms with van der Waals surface area (Å²) in [6.07, 6.45) is 5.09. The number of aliphatic hydroxyl groups is 1. The molecular weight excluding hydrogens is 1160 g/mol. The Kier molecular flexibility index (Phi) is 27.0. The number of nitrogens with two attached hydrogens (primary N) is 3. The number of rotatable bonds is 32. The van der Waals surface area contributed by atoms with Crippen LogP contribution in [0, 0.1) is 11.8 Å². The van der Waals surface area contributed by atoms with Crippen molar-refractivity contribution < 1.29 is 72.9 Å². The van der Waals surface area contributed by atoms with Crippen LogP contribution in [0.1, 0.15) is 89.0 Å². The fourth-order valence-electron chi connectivity index (χ4n) is 10.1. The Morgan fingerprint density at radius 3 is 2.09 bits per heavy atom. The van der Waals surface area contributed by atoms with Gasteiger partial charge in [0.2, 0.25) is 59.1 Å². The van der Waals surface area contributed by atoms with E-state index < -0.39 is 139 Å². The van der Waals surface area contributed by atoms with Gasteiger partial charge in [-0.2, -0.15) is 0 Å². The number of benzene rings is 2. The molecule has 89 heavy (non-hydrogen) atoms. The second kappa shape index (κ2) is 34.4. The molecule has 0 bridgehead atoms. The fourth-order valence-corrected chi connectivity index (χ4v) is 10.1. The van der Waals surface area contributed by atoms with Crippen LogP contribution < -0.4 is 59.7 Å². The van der Waals surface area contributed by atoms with Gasteiger partial charge in [0.1, 0.15) is 42.0 Å². The fraction of sp³-hybridized carbons (Fsp3) is 0.483. The summed E-state index contributed by atoms with van der Waals surface area (Å²) in [5.41, 5.74) is 18.5. The maximum atomic E-state index is 14.5. The number of guanidine groups is 1. The van der Waals surface area contributed by atoms with E-state index in [4.69, 9.17) is 27.1 Å². The number of aromatic nitrogens is 3. The van der Waals surface area contributed by atoms with E-state index in [1.165, 1.54) is 41.7 Å². The number of likely N-dealkylation sites (tertiary alicyclic amines) is 1. The number of para-hydroxylation sites is 1. The van der Waals surface area contributed by atoms with Gasteiger partial charge in [-0.3, -0.25) is 62.5 Å². The zero-order valence-electron chi connectivity index (χ0n) is 49.7. The zero-order chi connectivity index (χ0) is 65.3. The number of aromatic hydroxyl groups is 1. The van der Waals surface area contributed by atoms with Gasteiger partial charge < -0.3 is 89.9 Å². The molecule has 0 spiro atoms. The molecule has 6 rings (SSSR count). The number of ketones is 1. The number of carbonyl (C=O) groups excluding carboxylic acids is 11. The van der Waals surface area contributed by atoms with E-state index in [9.17, 15) is 63.0 Å². The van der Waals surface area contributed by atoms with E-state index in [1.54, 1.807) is 26.1 Å². The van der Waals surface area contributed by atoms with Gasteiger partial charge in [0.05, 0.1) is 32.1 Å². The van der Waals surface area contributed by atoms with Gasteiger partial charge >= 0.3 is 0 Å². The molecule has 4 heterocycles. The molecule has 482 valence electrons. The first-order valence-corrected chi connectivity index (χ1v) is 28.9. The molecule has 31 heteroatoms. The maximum absolute atomic E-state index is 14.5. The third-order valence-electron chi connectivity index (χ3n) is 14.4. The van der Waals surface area contributed by atoms with Crippen molar-refractivity contribution in [3.63, 3.8) is 0 Å². The number of imidazole rings is 1. The Bertz CT molecular complexity index is 3160. The largest absolute Gasteiger partial charge is 0.508 e. The zero-order valence-corrected chi connectivity index (χ0v) is 49.7. The number of aliphatic carboxylic acids is 1. The smallest absolute Gasteiger partial charge is 0.300 e. The van der Waals surface area contributed by atoms with Crippen molar-refractivity contribution in [2.45, 2.75) is 134 Å². The Morgan fingerprint density at radius 2 is 1.45 bits per heavy atom. The van der Waals surface area contributed by atoms with Crippen LogP contribution in [0.25, 0.3) is 10.9 Å². The van der Waals surface area contributed by atoms with E-state index in [-0.39, 0.29) is 94.4 Å². The van der Waals surface area contributed by atoms with Gasteiger partial charge in [0.15, 0.2) is 11.7 Å². The van der Waals surface area contributed by atoms with Gasteiger partial charge in [-0.1, -0.05) is 44.2 Å². The Balaban J connectivity index is 0.00000349. The summed E-state index contributed by atoms with van der Waals surface area (Å²) >= 11 is 0. The molecule has 2 aliphatic heterocycles. The normalized spacial score (nSPS) is 16.3. The monoisotopic (exact) mass is 1240 g/mol. The quantitative estimate of drug-likeness (QED) is 0.0130. The average Bonchev–Trinajstić information content (AvgIpc) is 2.54. The van der Waals surface area contributed by atoms with Crippen molar-refractivity contribution in [1.29, 1.82) is 0 Å². The number of nitrogens with zero attached hydrogens (tertiary/aromatic N) is 3. The number of aliphatic hydroxyl groups excluding tert-OH is 1. The molecule has 2 aromatic carbocycles. The number of primary amides is 1. The van der Waals surface area contributed by atoms with Gasteiger partial charge in [0, 0.05) is 80.6 Å². The van der Waals surface area contributed by atoms with Crippen molar-refractivity contribution in [1.82, 2.24) is 62.4 Å². The predicted molar refractivity (Wildman–Crippen MR) is 320 cm³/mol. The number of carboxylic acid groups (broad SMARTS) is 1. The highest BCUT2D eigenvalue weighted by atomic mass is 16.4. The van der Waals surface area contributed by atoms with E-state index in [2.05, 4.69) is 62.5 Å². The van der Waals surface area contributed by atoms with Gasteiger partial charge in [-0.15, -0.1) is 0 Å². The SMILES string of the molecule is CC(=O)O.CC(C)C[C@H](NC(=O)CNC(=O)[C@H](Cc1ccc(O)cc1)NC(=O)[C@H](CO)NC(=O)[C@@H](CC(=O)[C@H](Cc1cnc[nH]1)NC(=O)[C@@H]1CCC(=O)N1)Cc1c[nH]c2ccccc12)C(=O)N[C@@H](CCCN=C(N)N)C(=O)N1CCC[C@H]1C(=O)NCC(N)=O. The molecule has 0 saturated carbocycles. The molecular formula is C58H80N16O15. The number of carbonyl (C=O) groups is 12. The summed E-state index contributed by atoms with van der Waals surface area (Å²) in [7, 11) is 0. The first-order chi connectivity index (χ1) is 42.3. The summed E-state index contributed by atoms with van der Waals surface area (Å²) in [5.74, 6) is -10.4. The first kappa shape index (κ1) is 69.8. The van der Waals surface area contributed by atoms with Gasteiger partial charge in [0.25, 0.3) is 5.97 Å². The molecule has 8 atom stereocenters. The molecule has 4 aromatic rings. The number of amides is 10. The number of nitrogens with one attached hydrogen (secondary N) is 10. The van der Waals surface area contributed by atoms with Crippen molar-refractivity contribution in [3.05, 3.63) is 84.1 Å². The third kappa shape index (κ3) is 22.7. The van der Waals surface area contributed by atoms with Crippen LogP contribution in [0.4, 0.5) is 0 Å². The molecule has 2 aliphatic rings. The maximum Gasteiger partial charge on any atom is 0.300 e. The van der Waals surface area contributed by atoms with Crippen LogP contribution in [0.2, 0.25) is 0 Å². The van der Waals surface area contributed by atoms with E-state index >= 15 is 0 Å². The number of aliphatic imine (C=N–C) groups is 1. The summed E-state index contributed by atoms with van der Waals surface area (Å²) in [6, 6.07) is 4.16. The molecule has 19 N–H and O–H groups in total. The number of hydrogen-bond donors (Lipinski definition) is 16.